The first-order valence-electron chi connectivity index (χ1n) is 7.91. The maximum atomic E-state index is 9.08. The summed E-state index contributed by atoms with van der Waals surface area (Å²) in [5.41, 5.74) is 3.04. The van der Waals surface area contributed by atoms with E-state index in [2.05, 4.69) is 49.9 Å². The Bertz CT molecular complexity index is 402. The molecule has 0 saturated carbocycles. The summed E-state index contributed by atoms with van der Waals surface area (Å²) in [4.78, 5) is 2.54. The van der Waals surface area contributed by atoms with Crippen LogP contribution in [0.2, 0.25) is 0 Å². The Morgan fingerprint density at radius 2 is 1.90 bits per heavy atom. The average molecular weight is 275 g/mol. The molecule has 2 rings (SSSR count). The summed E-state index contributed by atoms with van der Waals surface area (Å²) in [6, 6.07) is 9.08. The van der Waals surface area contributed by atoms with Gasteiger partial charge < -0.3 is 5.11 Å². The van der Waals surface area contributed by atoms with E-state index in [1.807, 2.05) is 0 Å². The van der Waals surface area contributed by atoms with E-state index in [1.165, 1.54) is 30.5 Å². The molecule has 1 aliphatic rings. The quantitative estimate of drug-likeness (QED) is 0.908. The van der Waals surface area contributed by atoms with E-state index < -0.39 is 0 Å². The monoisotopic (exact) mass is 275 g/mol. The van der Waals surface area contributed by atoms with Crippen LogP contribution in [0.4, 0.5) is 0 Å². The normalized spacial score (nSPS) is 21.1. The third kappa shape index (κ3) is 4.32. The zero-order valence-corrected chi connectivity index (χ0v) is 13.2. The van der Waals surface area contributed by atoms with Crippen molar-refractivity contribution in [1.29, 1.82) is 0 Å². The molecule has 1 aromatic rings. The van der Waals surface area contributed by atoms with Gasteiger partial charge in [-0.25, -0.2) is 0 Å². The van der Waals surface area contributed by atoms with E-state index >= 15 is 0 Å². The van der Waals surface area contributed by atoms with Gasteiger partial charge >= 0.3 is 0 Å². The van der Waals surface area contributed by atoms with Gasteiger partial charge in [-0.15, -0.1) is 0 Å². The third-order valence-corrected chi connectivity index (χ3v) is 4.37. The molecule has 0 aliphatic carbocycles. The van der Waals surface area contributed by atoms with Crippen LogP contribution in [0.1, 0.15) is 51.2 Å². The van der Waals surface area contributed by atoms with Crippen LogP contribution in [0.25, 0.3) is 0 Å². The van der Waals surface area contributed by atoms with Crippen molar-refractivity contribution in [3.8, 4) is 0 Å². The summed E-state index contributed by atoms with van der Waals surface area (Å²) in [6.45, 7) is 10.5. The van der Waals surface area contributed by atoms with Crippen LogP contribution in [0.5, 0.6) is 0 Å². The molecule has 0 radical (unpaired) electrons. The van der Waals surface area contributed by atoms with Gasteiger partial charge in [-0.2, -0.15) is 0 Å². The molecule has 1 heterocycles. The highest BCUT2D eigenvalue weighted by atomic mass is 16.3. The lowest BCUT2D eigenvalue weighted by Crippen LogP contribution is -2.35. The standard InChI is InChI=1S/C18H29NO/c1-18(2,3)17-8-6-16(7-9-17)14-19-11-4-5-15(13-19)10-12-20/h6-9,15,20H,4-5,10-14H2,1-3H3. The SMILES string of the molecule is CC(C)(C)c1ccc(CN2CCCC(CCO)C2)cc1. The lowest BCUT2D eigenvalue weighted by Gasteiger charge is -2.32. The van der Waals surface area contributed by atoms with E-state index in [0.29, 0.717) is 12.5 Å². The van der Waals surface area contributed by atoms with Crippen LogP contribution in [0.3, 0.4) is 0 Å². The van der Waals surface area contributed by atoms with Crippen molar-refractivity contribution < 1.29 is 5.11 Å². The zero-order valence-electron chi connectivity index (χ0n) is 13.2. The molecule has 20 heavy (non-hydrogen) atoms. The van der Waals surface area contributed by atoms with Crippen molar-refractivity contribution in [2.75, 3.05) is 19.7 Å². The summed E-state index contributed by atoms with van der Waals surface area (Å²) in [5, 5.41) is 9.08. The van der Waals surface area contributed by atoms with Crippen molar-refractivity contribution >= 4 is 0 Å². The van der Waals surface area contributed by atoms with Gasteiger partial charge in [-0.3, -0.25) is 4.90 Å². The third-order valence-electron chi connectivity index (χ3n) is 4.37. The fraction of sp³-hybridized carbons (Fsp3) is 0.667. The van der Waals surface area contributed by atoms with Crippen LogP contribution in [-0.2, 0) is 12.0 Å². The van der Waals surface area contributed by atoms with Crippen molar-refractivity contribution in [3.63, 3.8) is 0 Å². The maximum absolute atomic E-state index is 9.08. The van der Waals surface area contributed by atoms with Gasteiger partial charge in [0.05, 0.1) is 0 Å². The number of aliphatic hydroxyl groups excluding tert-OH is 1. The number of piperidine rings is 1. The Labute approximate surface area is 123 Å². The average Bonchev–Trinajstić information content (AvgIpc) is 2.39. The Morgan fingerprint density at radius 3 is 2.50 bits per heavy atom. The minimum absolute atomic E-state index is 0.232. The van der Waals surface area contributed by atoms with Crippen LogP contribution in [0.15, 0.2) is 24.3 Å². The van der Waals surface area contributed by atoms with Crippen molar-refractivity contribution in [2.24, 2.45) is 5.92 Å². The molecule has 1 aromatic carbocycles. The molecule has 1 fully saturated rings. The predicted octanol–water partition coefficient (Wildman–Crippen LogP) is 3.58. The van der Waals surface area contributed by atoms with Gasteiger partial charge in [0.25, 0.3) is 0 Å². The van der Waals surface area contributed by atoms with Gasteiger partial charge in [-0.1, -0.05) is 45.0 Å². The number of hydrogen-bond donors (Lipinski definition) is 1. The minimum atomic E-state index is 0.232. The van der Waals surface area contributed by atoms with Crippen LogP contribution in [-0.4, -0.2) is 29.7 Å². The first-order chi connectivity index (χ1) is 9.49. The van der Waals surface area contributed by atoms with Gasteiger partial charge in [0.1, 0.15) is 0 Å². The Morgan fingerprint density at radius 1 is 1.20 bits per heavy atom. The number of benzene rings is 1. The highest BCUT2D eigenvalue weighted by Gasteiger charge is 2.19. The summed E-state index contributed by atoms with van der Waals surface area (Å²) in [5.74, 6) is 0.683. The smallest absolute Gasteiger partial charge is 0.0434 e. The molecule has 1 saturated heterocycles. The number of aliphatic hydroxyl groups is 1. The van der Waals surface area contributed by atoms with Crippen molar-refractivity contribution in [3.05, 3.63) is 35.4 Å². The first kappa shape index (κ1) is 15.5. The van der Waals surface area contributed by atoms with Gasteiger partial charge in [0, 0.05) is 19.7 Å². The summed E-state index contributed by atoms with van der Waals surface area (Å²) >= 11 is 0. The molecule has 112 valence electrons. The lowest BCUT2D eigenvalue weighted by molar-refractivity contribution is 0.142. The van der Waals surface area contributed by atoms with E-state index in [4.69, 9.17) is 5.11 Å². The van der Waals surface area contributed by atoms with Gasteiger partial charge in [-0.05, 0) is 48.3 Å². The molecule has 1 aliphatic heterocycles. The van der Waals surface area contributed by atoms with E-state index in [-0.39, 0.29) is 5.41 Å². The predicted molar refractivity (Wildman–Crippen MR) is 84.8 cm³/mol. The lowest BCUT2D eigenvalue weighted by atomic mass is 9.86. The molecule has 1 atom stereocenters. The topological polar surface area (TPSA) is 23.5 Å². The second kappa shape index (κ2) is 6.73. The zero-order chi connectivity index (χ0) is 14.6. The largest absolute Gasteiger partial charge is 0.396 e. The molecule has 0 aromatic heterocycles. The van der Waals surface area contributed by atoms with E-state index in [9.17, 15) is 0 Å². The fourth-order valence-corrected chi connectivity index (χ4v) is 3.08. The second-order valence-electron chi connectivity index (χ2n) is 7.20. The highest BCUT2D eigenvalue weighted by Crippen LogP contribution is 2.24. The fourth-order valence-electron chi connectivity index (χ4n) is 3.08. The Kier molecular flexibility index (Phi) is 5.22. The Balaban J connectivity index is 1.93. The summed E-state index contributed by atoms with van der Waals surface area (Å²) < 4.78 is 0. The molecule has 1 unspecified atom stereocenters. The number of likely N-dealkylation sites (tertiary alicyclic amines) is 1. The van der Waals surface area contributed by atoms with E-state index in [1.54, 1.807) is 0 Å². The molecule has 2 nitrogen and oxygen atoms in total. The maximum Gasteiger partial charge on any atom is 0.0434 e. The molecule has 0 bridgehead atoms. The van der Waals surface area contributed by atoms with Gasteiger partial charge in [0.2, 0.25) is 0 Å². The Hall–Kier alpha value is -0.860. The van der Waals surface area contributed by atoms with Crippen molar-refractivity contribution in [1.82, 2.24) is 4.90 Å². The van der Waals surface area contributed by atoms with Crippen molar-refractivity contribution in [2.45, 2.75) is 52.0 Å². The van der Waals surface area contributed by atoms with Gasteiger partial charge in [0.15, 0.2) is 0 Å². The minimum Gasteiger partial charge on any atom is -0.396 e. The summed E-state index contributed by atoms with van der Waals surface area (Å²) in [6.07, 6.45) is 3.50. The first-order valence-corrected chi connectivity index (χ1v) is 7.91. The molecule has 0 amide bonds. The molecular formula is C18H29NO. The van der Waals surface area contributed by atoms with E-state index in [0.717, 1.165) is 19.5 Å². The van der Waals surface area contributed by atoms with Crippen LogP contribution >= 0.6 is 0 Å². The second-order valence-corrected chi connectivity index (χ2v) is 7.20. The number of hydrogen-bond acceptors (Lipinski definition) is 2. The number of nitrogens with zero attached hydrogens (tertiary/aromatic N) is 1. The summed E-state index contributed by atoms with van der Waals surface area (Å²) in [7, 11) is 0. The molecule has 0 spiro atoms. The molecular weight excluding hydrogens is 246 g/mol. The molecule has 2 heteroatoms. The number of rotatable bonds is 4. The van der Waals surface area contributed by atoms with Crippen LogP contribution in [0, 0.1) is 5.92 Å². The van der Waals surface area contributed by atoms with Crippen LogP contribution < -0.4 is 0 Å². The highest BCUT2D eigenvalue weighted by molar-refractivity contribution is 5.27. The molecule has 1 N–H and O–H groups in total.